The van der Waals surface area contributed by atoms with Gasteiger partial charge in [0.1, 0.15) is 0 Å². The largest absolute Gasteiger partial charge is 0.376 e. The first-order valence-electron chi connectivity index (χ1n) is 7.52. The number of rotatable bonds is 7. The fourth-order valence-corrected chi connectivity index (χ4v) is 5.26. The molecule has 1 saturated heterocycles. The Morgan fingerprint density at radius 1 is 1.38 bits per heavy atom. The number of thiophene rings is 1. The summed E-state index contributed by atoms with van der Waals surface area (Å²) in [7, 11) is -3.43. The Kier molecular flexibility index (Phi) is 4.66. The van der Waals surface area contributed by atoms with Crippen LogP contribution < -0.4 is 10.0 Å². The molecule has 21 heavy (non-hydrogen) atoms. The zero-order chi connectivity index (χ0) is 14.9. The summed E-state index contributed by atoms with van der Waals surface area (Å²) in [5.41, 5.74) is 0. The second kappa shape index (κ2) is 6.34. The van der Waals surface area contributed by atoms with E-state index in [1.165, 1.54) is 11.3 Å². The average molecular weight is 330 g/mol. The molecule has 118 valence electrons. The lowest BCUT2D eigenvalue weighted by molar-refractivity contribution is 0.0848. The number of hydrogen-bond acceptors (Lipinski definition) is 5. The maximum Gasteiger partial charge on any atom is 0.241 e. The van der Waals surface area contributed by atoms with Crippen LogP contribution in [0.2, 0.25) is 0 Å². The van der Waals surface area contributed by atoms with E-state index in [-0.39, 0.29) is 12.1 Å². The van der Waals surface area contributed by atoms with Crippen LogP contribution in [0.1, 0.15) is 31.1 Å². The van der Waals surface area contributed by atoms with Gasteiger partial charge in [-0.05, 0) is 37.8 Å². The van der Waals surface area contributed by atoms with Crippen molar-refractivity contribution in [3.05, 3.63) is 16.3 Å². The number of hydrogen-bond donors (Lipinski definition) is 2. The van der Waals surface area contributed by atoms with Crippen LogP contribution in [0.4, 0.5) is 0 Å². The van der Waals surface area contributed by atoms with Crippen LogP contribution in [0.15, 0.2) is 16.3 Å². The molecule has 0 aromatic carbocycles. The van der Waals surface area contributed by atoms with Gasteiger partial charge < -0.3 is 10.1 Å². The van der Waals surface area contributed by atoms with Crippen molar-refractivity contribution in [2.75, 3.05) is 13.2 Å². The molecule has 5 nitrogen and oxygen atoms in total. The molecule has 1 aromatic heterocycles. The predicted octanol–water partition coefficient (Wildman–Crippen LogP) is 1.70. The summed E-state index contributed by atoms with van der Waals surface area (Å²) in [6, 6.07) is 1.69. The van der Waals surface area contributed by atoms with Gasteiger partial charge in [0.05, 0.1) is 17.0 Å². The standard InChI is InChI=1S/C14H22N2O3S2/c1-2-15-8-11-7-12(9-20-11)21(17,18)16-13-5-6-19-14(13)10-3-4-10/h7,9-10,13-16H,2-6,8H2,1H3. The summed E-state index contributed by atoms with van der Waals surface area (Å²) in [5, 5.41) is 4.93. The van der Waals surface area contributed by atoms with Gasteiger partial charge >= 0.3 is 0 Å². The van der Waals surface area contributed by atoms with Gasteiger partial charge in [0.15, 0.2) is 0 Å². The van der Waals surface area contributed by atoms with E-state index in [0.29, 0.717) is 24.0 Å². The van der Waals surface area contributed by atoms with E-state index in [2.05, 4.69) is 10.0 Å². The van der Waals surface area contributed by atoms with Crippen LogP contribution in [0, 0.1) is 5.92 Å². The highest BCUT2D eigenvalue weighted by Gasteiger charge is 2.42. The van der Waals surface area contributed by atoms with Crippen LogP contribution in [-0.2, 0) is 21.3 Å². The van der Waals surface area contributed by atoms with Crippen LogP contribution in [0.5, 0.6) is 0 Å². The normalized spacial score (nSPS) is 26.3. The molecular formula is C14H22N2O3S2. The minimum Gasteiger partial charge on any atom is -0.376 e. The van der Waals surface area contributed by atoms with Crippen molar-refractivity contribution in [1.82, 2.24) is 10.0 Å². The molecule has 2 unspecified atom stereocenters. The summed E-state index contributed by atoms with van der Waals surface area (Å²) in [5.74, 6) is 0.548. The van der Waals surface area contributed by atoms with E-state index in [4.69, 9.17) is 4.74 Å². The van der Waals surface area contributed by atoms with E-state index in [0.717, 1.165) is 30.7 Å². The van der Waals surface area contributed by atoms with E-state index in [1.54, 1.807) is 11.4 Å². The molecule has 2 N–H and O–H groups in total. The lowest BCUT2D eigenvalue weighted by atomic mass is 10.1. The SMILES string of the molecule is CCNCc1cc(S(=O)(=O)NC2CCOC2C2CC2)cs1. The van der Waals surface area contributed by atoms with E-state index in [1.807, 2.05) is 6.92 Å². The third-order valence-corrected chi connectivity index (χ3v) is 6.57. The molecule has 0 spiro atoms. The Hall–Kier alpha value is -0.470. The van der Waals surface area contributed by atoms with Crippen molar-refractivity contribution in [3.8, 4) is 0 Å². The molecule has 0 bridgehead atoms. The summed E-state index contributed by atoms with van der Waals surface area (Å²) >= 11 is 1.48. The first-order chi connectivity index (χ1) is 10.1. The van der Waals surface area contributed by atoms with Gasteiger partial charge in [-0.3, -0.25) is 0 Å². The van der Waals surface area contributed by atoms with Crippen molar-refractivity contribution in [1.29, 1.82) is 0 Å². The highest BCUT2D eigenvalue weighted by molar-refractivity contribution is 7.89. The quantitative estimate of drug-likeness (QED) is 0.798. The van der Waals surface area contributed by atoms with Crippen molar-refractivity contribution < 1.29 is 13.2 Å². The highest BCUT2D eigenvalue weighted by Crippen LogP contribution is 2.39. The first kappa shape index (κ1) is 15.4. The van der Waals surface area contributed by atoms with Gasteiger partial charge in [0.25, 0.3) is 0 Å². The molecule has 2 fully saturated rings. The molecule has 1 saturated carbocycles. The summed E-state index contributed by atoms with van der Waals surface area (Å²) in [4.78, 5) is 1.42. The second-order valence-electron chi connectivity index (χ2n) is 5.72. The molecule has 3 rings (SSSR count). The van der Waals surface area contributed by atoms with Gasteiger partial charge in [-0.15, -0.1) is 11.3 Å². The van der Waals surface area contributed by atoms with Gasteiger partial charge in [0, 0.05) is 23.4 Å². The fraction of sp³-hybridized carbons (Fsp3) is 0.714. The first-order valence-corrected chi connectivity index (χ1v) is 9.88. The zero-order valence-electron chi connectivity index (χ0n) is 12.2. The Bertz CT molecular complexity index is 581. The smallest absolute Gasteiger partial charge is 0.241 e. The minimum absolute atomic E-state index is 0.0691. The zero-order valence-corrected chi connectivity index (χ0v) is 13.8. The third-order valence-electron chi connectivity index (χ3n) is 4.02. The maximum absolute atomic E-state index is 12.5. The monoisotopic (exact) mass is 330 g/mol. The van der Waals surface area contributed by atoms with E-state index in [9.17, 15) is 8.42 Å². The van der Waals surface area contributed by atoms with Crippen LogP contribution in [-0.4, -0.2) is 33.7 Å². The topological polar surface area (TPSA) is 67.4 Å². The van der Waals surface area contributed by atoms with Crippen molar-refractivity contribution in [2.24, 2.45) is 5.92 Å². The van der Waals surface area contributed by atoms with Crippen LogP contribution in [0.25, 0.3) is 0 Å². The molecule has 1 aromatic rings. The summed E-state index contributed by atoms with van der Waals surface area (Å²) < 4.78 is 33.5. The number of sulfonamides is 1. The van der Waals surface area contributed by atoms with Gasteiger partial charge in [-0.2, -0.15) is 0 Å². The van der Waals surface area contributed by atoms with Gasteiger partial charge in [-0.1, -0.05) is 6.92 Å². The molecule has 2 aliphatic rings. The van der Waals surface area contributed by atoms with E-state index < -0.39 is 10.0 Å². The molecule has 2 heterocycles. The average Bonchev–Trinajstić information content (AvgIpc) is 2.99. The Morgan fingerprint density at radius 2 is 2.19 bits per heavy atom. The van der Waals surface area contributed by atoms with Crippen molar-refractivity contribution in [3.63, 3.8) is 0 Å². The molecule has 0 amide bonds. The highest BCUT2D eigenvalue weighted by atomic mass is 32.2. The van der Waals surface area contributed by atoms with Crippen molar-refractivity contribution in [2.45, 2.75) is 49.8 Å². The van der Waals surface area contributed by atoms with Crippen LogP contribution in [0.3, 0.4) is 0 Å². The van der Waals surface area contributed by atoms with Crippen molar-refractivity contribution >= 4 is 21.4 Å². The predicted molar refractivity (Wildman–Crippen MR) is 82.9 cm³/mol. The lowest BCUT2D eigenvalue weighted by Crippen LogP contribution is -2.41. The third kappa shape index (κ3) is 3.65. The Morgan fingerprint density at radius 3 is 2.90 bits per heavy atom. The Labute approximate surface area is 130 Å². The summed E-state index contributed by atoms with van der Waals surface area (Å²) in [6.45, 7) is 4.28. The number of nitrogens with one attached hydrogen (secondary N) is 2. The molecular weight excluding hydrogens is 308 g/mol. The minimum atomic E-state index is -3.43. The Balaban J connectivity index is 1.66. The molecule has 0 radical (unpaired) electrons. The van der Waals surface area contributed by atoms with E-state index >= 15 is 0 Å². The van der Waals surface area contributed by atoms with Crippen LogP contribution >= 0.6 is 11.3 Å². The number of ether oxygens (including phenoxy) is 1. The van der Waals surface area contributed by atoms with Gasteiger partial charge in [-0.25, -0.2) is 13.1 Å². The summed E-state index contributed by atoms with van der Waals surface area (Å²) in [6.07, 6.45) is 3.16. The molecule has 7 heteroatoms. The maximum atomic E-state index is 12.5. The molecule has 1 aliphatic heterocycles. The van der Waals surface area contributed by atoms with Gasteiger partial charge in [0.2, 0.25) is 10.0 Å². The second-order valence-corrected chi connectivity index (χ2v) is 8.43. The fourth-order valence-electron chi connectivity index (χ4n) is 2.74. The molecule has 2 atom stereocenters. The molecule has 1 aliphatic carbocycles. The lowest BCUT2D eigenvalue weighted by Gasteiger charge is -2.19.